The van der Waals surface area contributed by atoms with E-state index in [1.165, 1.54) is 91.1 Å². The van der Waals surface area contributed by atoms with Crippen molar-refractivity contribution in [3.63, 3.8) is 0 Å². The zero-order valence-corrected chi connectivity index (χ0v) is 37.6. The van der Waals surface area contributed by atoms with Crippen molar-refractivity contribution in [1.29, 1.82) is 5.26 Å². The van der Waals surface area contributed by atoms with E-state index >= 15 is 0 Å². The molecular weight excluding hydrogens is 817 g/mol. The number of hydrogen-bond acceptors (Lipinski definition) is 7. The van der Waals surface area contributed by atoms with Gasteiger partial charge in [-0.2, -0.15) is 5.26 Å². The summed E-state index contributed by atoms with van der Waals surface area (Å²) in [6.07, 6.45) is 1.43. The highest BCUT2D eigenvalue weighted by Gasteiger charge is 2.30. The van der Waals surface area contributed by atoms with Gasteiger partial charge in [-0.15, -0.1) is 45.3 Å². The average Bonchev–Trinajstić information content (AvgIpc) is 4.07. The molecular formula is C51H42N2O3S4. The summed E-state index contributed by atoms with van der Waals surface area (Å²) in [5, 5.41) is 22.2. The topological polar surface area (TPSA) is 75.2 Å². The predicted octanol–water partition coefficient (Wildman–Crippen LogP) is 15.4. The van der Waals surface area contributed by atoms with Crippen molar-refractivity contribution >= 4 is 89.3 Å². The van der Waals surface area contributed by atoms with Gasteiger partial charge in [-0.1, -0.05) is 90.1 Å². The molecule has 5 nitrogen and oxygen atoms in total. The van der Waals surface area contributed by atoms with Crippen LogP contribution < -0.4 is 4.74 Å². The van der Waals surface area contributed by atoms with Crippen LogP contribution in [0.3, 0.4) is 0 Å². The maximum Gasteiger partial charge on any atom is 0.346 e. The number of methoxy groups -OCH3 is 1. The number of nitriles is 1. The van der Waals surface area contributed by atoms with E-state index in [-0.39, 0.29) is 16.4 Å². The van der Waals surface area contributed by atoms with Crippen molar-refractivity contribution in [2.45, 2.75) is 52.4 Å². The number of nitrogens with zero attached hydrogens (tertiary/aromatic N) is 2. The highest BCUT2D eigenvalue weighted by Crippen LogP contribution is 2.50. The molecule has 0 fully saturated rings. The lowest BCUT2D eigenvalue weighted by Crippen LogP contribution is -2.20. The number of aliphatic carboxylic acids is 1. The van der Waals surface area contributed by atoms with Crippen molar-refractivity contribution in [3.8, 4) is 57.9 Å². The van der Waals surface area contributed by atoms with Crippen molar-refractivity contribution < 1.29 is 14.6 Å². The number of carboxylic acids is 1. The molecule has 0 amide bonds. The number of thiophene rings is 4. The Hall–Kier alpha value is -5.76. The number of carbonyl (C=O) groups is 1. The Morgan fingerprint density at radius 1 is 0.700 bits per heavy atom. The normalized spacial score (nSPS) is 12.5. The second kappa shape index (κ2) is 15.1. The first-order valence-electron chi connectivity index (χ1n) is 19.7. The van der Waals surface area contributed by atoms with Crippen LogP contribution in [0.1, 0.15) is 57.5 Å². The molecule has 5 aromatic heterocycles. The third kappa shape index (κ3) is 6.97. The van der Waals surface area contributed by atoms with Crippen LogP contribution in [0.2, 0.25) is 0 Å². The fourth-order valence-electron chi connectivity index (χ4n) is 8.02. The van der Waals surface area contributed by atoms with E-state index in [1.54, 1.807) is 35.9 Å². The number of carboxylic acid groups (broad SMARTS) is 1. The van der Waals surface area contributed by atoms with E-state index in [0.29, 0.717) is 0 Å². The molecule has 1 N–H and O–H groups in total. The molecule has 9 rings (SSSR count). The summed E-state index contributed by atoms with van der Waals surface area (Å²) < 4.78 is 9.98. The quantitative estimate of drug-likeness (QED) is 0.122. The summed E-state index contributed by atoms with van der Waals surface area (Å²) in [5.41, 5.74) is 7.71. The monoisotopic (exact) mass is 858 g/mol. The molecule has 9 aromatic rings. The molecule has 0 saturated heterocycles. The molecule has 298 valence electrons. The molecule has 5 heterocycles. The summed E-state index contributed by atoms with van der Waals surface area (Å²) >= 11 is 6.86. The summed E-state index contributed by atoms with van der Waals surface area (Å²) in [6.45, 7) is 13.6. The van der Waals surface area contributed by atoms with Gasteiger partial charge in [-0.25, -0.2) is 4.79 Å². The minimum absolute atomic E-state index is 0.158. The van der Waals surface area contributed by atoms with Crippen LogP contribution in [0.25, 0.3) is 84.0 Å². The summed E-state index contributed by atoms with van der Waals surface area (Å²) in [7, 11) is 1.80. The SMILES string of the molecule is COc1c(C(C)(C)C)cc(-n2c3ccccc3c3c(-c4ccccc4)cc4cc(-c5ccc(-c6ccc(-c7ccc(/C=C(/C#N)C(=O)O)s7)s6)s5)sc4c32)cc1C(C)(C)C. The van der Waals surface area contributed by atoms with E-state index in [2.05, 4.69) is 149 Å². The minimum atomic E-state index is -1.22. The van der Waals surface area contributed by atoms with Gasteiger partial charge in [0.1, 0.15) is 17.4 Å². The molecule has 0 unspecified atom stereocenters. The second-order valence-corrected chi connectivity index (χ2v) is 21.3. The fourth-order valence-corrected chi connectivity index (χ4v) is 12.4. The van der Waals surface area contributed by atoms with Gasteiger partial charge in [0.25, 0.3) is 0 Å². The molecule has 60 heavy (non-hydrogen) atoms. The first-order chi connectivity index (χ1) is 28.7. The van der Waals surface area contributed by atoms with Crippen LogP contribution >= 0.6 is 45.3 Å². The molecule has 0 radical (unpaired) electrons. The van der Waals surface area contributed by atoms with Crippen molar-refractivity contribution in [1.82, 2.24) is 4.57 Å². The maximum atomic E-state index is 11.4. The predicted molar refractivity (Wildman–Crippen MR) is 257 cm³/mol. The van der Waals surface area contributed by atoms with Crippen LogP contribution in [-0.2, 0) is 15.6 Å². The van der Waals surface area contributed by atoms with E-state index in [4.69, 9.17) is 4.74 Å². The Morgan fingerprint density at radius 3 is 1.85 bits per heavy atom. The van der Waals surface area contributed by atoms with Gasteiger partial charge >= 0.3 is 5.97 Å². The Morgan fingerprint density at radius 2 is 1.27 bits per heavy atom. The van der Waals surface area contributed by atoms with Crippen LogP contribution in [0.4, 0.5) is 0 Å². The lowest BCUT2D eigenvalue weighted by molar-refractivity contribution is -0.132. The summed E-state index contributed by atoms with van der Waals surface area (Å²) in [6, 6.07) is 43.4. The Bertz CT molecular complexity index is 3170. The first-order valence-corrected chi connectivity index (χ1v) is 22.9. The molecule has 0 aliphatic carbocycles. The number of hydrogen-bond donors (Lipinski definition) is 1. The van der Waals surface area contributed by atoms with Crippen LogP contribution in [0, 0.1) is 11.3 Å². The third-order valence-corrected chi connectivity index (χ3v) is 15.8. The molecule has 0 bridgehead atoms. The zero-order valence-electron chi connectivity index (χ0n) is 34.3. The number of fused-ring (bicyclic) bond motifs is 5. The van der Waals surface area contributed by atoms with Gasteiger partial charge in [0.15, 0.2) is 0 Å². The van der Waals surface area contributed by atoms with Gasteiger partial charge < -0.3 is 14.4 Å². The summed E-state index contributed by atoms with van der Waals surface area (Å²) in [5.74, 6) is -0.260. The lowest BCUT2D eigenvalue weighted by Gasteiger charge is -2.30. The molecule has 0 aliphatic rings. The number of para-hydroxylation sites is 1. The lowest BCUT2D eigenvalue weighted by atomic mass is 9.79. The molecule has 0 saturated carbocycles. The third-order valence-electron chi connectivity index (χ3n) is 10.9. The fraction of sp³-hybridized carbons (Fsp3) is 0.176. The van der Waals surface area contributed by atoms with Gasteiger partial charge in [0, 0.05) is 61.7 Å². The van der Waals surface area contributed by atoms with E-state index in [0.717, 1.165) is 26.1 Å². The number of rotatable bonds is 8. The highest BCUT2D eigenvalue weighted by atomic mass is 32.1. The van der Waals surface area contributed by atoms with Crippen LogP contribution in [0.5, 0.6) is 5.75 Å². The average molecular weight is 859 g/mol. The number of aromatic nitrogens is 1. The van der Waals surface area contributed by atoms with Crippen molar-refractivity contribution in [3.05, 3.63) is 137 Å². The molecule has 0 spiro atoms. The Labute approximate surface area is 365 Å². The van der Waals surface area contributed by atoms with Crippen molar-refractivity contribution in [2.24, 2.45) is 0 Å². The van der Waals surface area contributed by atoms with Gasteiger partial charge in [-0.3, -0.25) is 0 Å². The van der Waals surface area contributed by atoms with Crippen molar-refractivity contribution in [2.75, 3.05) is 7.11 Å². The molecule has 4 aromatic carbocycles. The van der Waals surface area contributed by atoms with E-state index in [1.807, 2.05) is 23.5 Å². The molecule has 0 aliphatic heterocycles. The zero-order chi connectivity index (χ0) is 42.1. The van der Waals surface area contributed by atoms with E-state index < -0.39 is 5.97 Å². The number of benzene rings is 4. The standard InChI is InChI=1S/C51H42N2O3S4/c1-50(2,3)36-26-32(27-37(47(36)56-7)51(4,5)6)53-38-16-12-11-15-34(38)45-35(29-13-9-8-10-14-29)24-30-25-44(60-48(30)46(45)53)43-22-21-42(59-43)41-20-19-40(58-41)39-18-17-33(57-39)23-31(28-52)49(54)55/h8-27H,1-7H3,(H,54,55)/b31-23-. The van der Waals surface area contributed by atoms with Gasteiger partial charge in [-0.05, 0) is 100 Å². The maximum absolute atomic E-state index is 11.4. The largest absolute Gasteiger partial charge is 0.496 e. The minimum Gasteiger partial charge on any atom is -0.496 e. The molecule has 0 atom stereocenters. The smallest absolute Gasteiger partial charge is 0.346 e. The summed E-state index contributed by atoms with van der Waals surface area (Å²) in [4.78, 5) is 19.1. The van der Waals surface area contributed by atoms with Gasteiger partial charge in [0.2, 0.25) is 0 Å². The highest BCUT2D eigenvalue weighted by molar-refractivity contribution is 7.30. The van der Waals surface area contributed by atoms with Crippen LogP contribution in [0.15, 0.2) is 121 Å². The second-order valence-electron chi connectivity index (χ2n) is 17.0. The van der Waals surface area contributed by atoms with Gasteiger partial charge in [0.05, 0.1) is 22.8 Å². The molecule has 9 heteroatoms. The Kier molecular flexibility index (Phi) is 9.96. The number of ether oxygens (including phenoxy) is 1. The Balaban J connectivity index is 1.22. The first kappa shape index (κ1) is 39.7. The van der Waals surface area contributed by atoms with Crippen LogP contribution in [-0.4, -0.2) is 22.8 Å². The van der Waals surface area contributed by atoms with E-state index in [9.17, 15) is 15.2 Å².